The fourth-order valence-electron chi connectivity index (χ4n) is 6.83. The number of hydrogen-bond acceptors (Lipinski definition) is 8. The van der Waals surface area contributed by atoms with E-state index < -0.39 is 0 Å². The van der Waals surface area contributed by atoms with Crippen molar-refractivity contribution in [2.75, 3.05) is 18.0 Å². The van der Waals surface area contributed by atoms with Crippen LogP contribution in [0.2, 0.25) is 5.02 Å². The van der Waals surface area contributed by atoms with Crippen molar-refractivity contribution in [1.82, 2.24) is 39.7 Å². The third kappa shape index (κ3) is 3.88. The highest BCUT2D eigenvalue weighted by atomic mass is 35.5. The topological polar surface area (TPSA) is 113 Å². The maximum atomic E-state index is 9.72. The van der Waals surface area contributed by atoms with Gasteiger partial charge in [-0.05, 0) is 49.0 Å². The Labute approximate surface area is 240 Å². The monoisotopic (exact) mass is 560 g/mol. The van der Waals surface area contributed by atoms with Crippen LogP contribution in [0.25, 0.3) is 33.6 Å². The van der Waals surface area contributed by atoms with E-state index in [0.29, 0.717) is 28.1 Å². The van der Waals surface area contributed by atoms with Crippen LogP contribution < -0.4 is 10.2 Å². The number of nitrogens with one attached hydrogen (secondary N) is 1. The van der Waals surface area contributed by atoms with E-state index in [1.54, 1.807) is 27.8 Å². The largest absolute Gasteiger partial charge is 0.374 e. The van der Waals surface area contributed by atoms with E-state index in [9.17, 15) is 5.26 Å². The van der Waals surface area contributed by atoms with Gasteiger partial charge < -0.3 is 10.2 Å². The lowest BCUT2D eigenvalue weighted by Crippen LogP contribution is -2.49. The van der Waals surface area contributed by atoms with Crippen LogP contribution in [0.4, 0.5) is 5.82 Å². The molecular formula is C30H25ClN10. The average Bonchev–Trinajstić information content (AvgIpc) is 3.74. The summed E-state index contributed by atoms with van der Waals surface area (Å²) in [5.41, 5.74) is 6.53. The zero-order chi connectivity index (χ0) is 27.7. The number of pyridine rings is 2. The summed E-state index contributed by atoms with van der Waals surface area (Å²) in [6.07, 6.45) is 17.2. The van der Waals surface area contributed by atoms with Gasteiger partial charge in [0.15, 0.2) is 0 Å². The lowest BCUT2D eigenvalue weighted by molar-refractivity contribution is 0.410. The SMILES string of the molecule is Cn1cc(-c2cc(-c3cnc(N4C[C@@H]5C[C@@]6(C=C(c7ncccc7Cl)N6)C[C@@H]5C4)cn3)c3c(C#N)cnn3c2)cn1. The van der Waals surface area contributed by atoms with Gasteiger partial charge in [-0.3, -0.25) is 14.6 Å². The Morgan fingerprint density at radius 1 is 1.02 bits per heavy atom. The number of rotatable bonds is 4. The molecule has 8 rings (SSSR count). The highest BCUT2D eigenvalue weighted by molar-refractivity contribution is 6.32. The summed E-state index contributed by atoms with van der Waals surface area (Å²) in [4.78, 5) is 16.4. The van der Waals surface area contributed by atoms with Crippen molar-refractivity contribution >= 4 is 28.6 Å². The lowest BCUT2D eigenvalue weighted by Gasteiger charge is -2.40. The number of halogens is 1. The van der Waals surface area contributed by atoms with Crippen LogP contribution in [0, 0.1) is 23.2 Å². The van der Waals surface area contributed by atoms with E-state index in [1.807, 2.05) is 50.0 Å². The Balaban J connectivity index is 1.03. The minimum atomic E-state index is 0.0432. The highest BCUT2D eigenvalue weighted by Gasteiger charge is 2.52. The fraction of sp³-hybridized carbons (Fsp3) is 0.267. The van der Waals surface area contributed by atoms with Crippen LogP contribution in [0.5, 0.6) is 0 Å². The molecule has 5 aromatic heterocycles. The van der Waals surface area contributed by atoms with E-state index in [2.05, 4.69) is 37.5 Å². The van der Waals surface area contributed by atoms with Gasteiger partial charge in [-0.1, -0.05) is 11.6 Å². The lowest BCUT2D eigenvalue weighted by atomic mass is 9.86. The van der Waals surface area contributed by atoms with E-state index in [1.165, 1.54) is 0 Å². The fourth-order valence-corrected chi connectivity index (χ4v) is 7.05. The molecule has 5 aromatic rings. The number of aryl methyl sites for hydroxylation is 1. The van der Waals surface area contributed by atoms with Gasteiger partial charge >= 0.3 is 0 Å². The summed E-state index contributed by atoms with van der Waals surface area (Å²) >= 11 is 6.35. The molecule has 3 aliphatic rings. The number of anilines is 1. The molecular weight excluding hydrogens is 536 g/mol. The van der Waals surface area contributed by atoms with Gasteiger partial charge in [-0.2, -0.15) is 15.5 Å². The van der Waals surface area contributed by atoms with E-state index in [0.717, 1.165) is 65.3 Å². The van der Waals surface area contributed by atoms with Crippen molar-refractivity contribution in [3.05, 3.63) is 83.9 Å². The van der Waals surface area contributed by atoms with Crippen LogP contribution >= 0.6 is 11.6 Å². The van der Waals surface area contributed by atoms with Gasteiger partial charge in [-0.25, -0.2) is 9.50 Å². The third-order valence-corrected chi connectivity index (χ3v) is 8.96. The molecule has 11 heteroatoms. The minimum absolute atomic E-state index is 0.0432. The number of fused-ring (bicyclic) bond motifs is 2. The first kappa shape index (κ1) is 24.1. The molecule has 0 unspecified atom stereocenters. The molecule has 0 bridgehead atoms. The number of aromatic nitrogens is 7. The standard InChI is InChI=1S/C30H25ClN10/c1-39-14-22(11-36-39)18-5-23(29-21(9-32)10-37-41(29)17-18)26-12-35-27(13-34-26)40-15-19-6-30(7-20(19)16-40)8-25(38-30)28-24(31)3-2-4-33-28/h2-5,8,10-14,17,19-20,38H,6-7,15-16H2,1H3/t19-,20+,30-. The van der Waals surface area contributed by atoms with Crippen molar-refractivity contribution < 1.29 is 0 Å². The van der Waals surface area contributed by atoms with Crippen molar-refractivity contribution in [3.63, 3.8) is 0 Å². The molecule has 7 heterocycles. The normalized spacial score (nSPS) is 22.9. The Bertz CT molecular complexity index is 1880. The van der Waals surface area contributed by atoms with Gasteiger partial charge in [0.05, 0.1) is 57.8 Å². The van der Waals surface area contributed by atoms with Crippen LogP contribution in [-0.4, -0.2) is 53.0 Å². The van der Waals surface area contributed by atoms with Crippen molar-refractivity contribution in [2.24, 2.45) is 18.9 Å². The smallest absolute Gasteiger partial charge is 0.147 e. The van der Waals surface area contributed by atoms with Crippen LogP contribution in [0.15, 0.2) is 67.7 Å². The molecule has 2 fully saturated rings. The molecule has 1 saturated carbocycles. The summed E-state index contributed by atoms with van der Waals surface area (Å²) in [7, 11) is 1.88. The Morgan fingerprint density at radius 3 is 2.54 bits per heavy atom. The summed E-state index contributed by atoms with van der Waals surface area (Å²) in [5.74, 6) is 2.05. The zero-order valence-corrected chi connectivity index (χ0v) is 23.0. The van der Waals surface area contributed by atoms with Crippen LogP contribution in [0.1, 0.15) is 24.1 Å². The number of nitriles is 1. The Morgan fingerprint density at radius 2 is 1.85 bits per heavy atom. The molecule has 202 valence electrons. The molecule has 41 heavy (non-hydrogen) atoms. The second-order valence-electron chi connectivity index (χ2n) is 11.3. The molecule has 10 nitrogen and oxygen atoms in total. The van der Waals surface area contributed by atoms with Crippen molar-refractivity contribution in [1.29, 1.82) is 5.26 Å². The van der Waals surface area contributed by atoms with E-state index in [4.69, 9.17) is 21.6 Å². The summed E-state index contributed by atoms with van der Waals surface area (Å²) in [6, 6.07) is 8.02. The molecule has 1 saturated heterocycles. The molecule has 0 amide bonds. The third-order valence-electron chi connectivity index (χ3n) is 8.66. The van der Waals surface area contributed by atoms with Gasteiger partial charge in [0.25, 0.3) is 0 Å². The second-order valence-corrected chi connectivity index (χ2v) is 11.7. The first-order chi connectivity index (χ1) is 20.0. The predicted octanol–water partition coefficient (Wildman–Crippen LogP) is 4.34. The molecule has 1 spiro atoms. The van der Waals surface area contributed by atoms with Gasteiger partial charge in [0.2, 0.25) is 0 Å². The van der Waals surface area contributed by atoms with Gasteiger partial charge in [-0.15, -0.1) is 0 Å². The second kappa shape index (κ2) is 8.88. The maximum absolute atomic E-state index is 9.72. The molecule has 3 atom stereocenters. The highest BCUT2D eigenvalue weighted by Crippen LogP contribution is 2.50. The molecule has 1 N–H and O–H groups in total. The molecule has 0 radical (unpaired) electrons. The Hall–Kier alpha value is -4.75. The predicted molar refractivity (Wildman–Crippen MR) is 155 cm³/mol. The minimum Gasteiger partial charge on any atom is -0.374 e. The van der Waals surface area contributed by atoms with Crippen LogP contribution in [0.3, 0.4) is 0 Å². The van der Waals surface area contributed by atoms with E-state index >= 15 is 0 Å². The molecule has 0 aromatic carbocycles. The van der Waals surface area contributed by atoms with Crippen molar-refractivity contribution in [3.8, 4) is 28.5 Å². The summed E-state index contributed by atoms with van der Waals surface area (Å²) < 4.78 is 3.50. The maximum Gasteiger partial charge on any atom is 0.147 e. The quantitative estimate of drug-likeness (QED) is 0.345. The van der Waals surface area contributed by atoms with E-state index in [-0.39, 0.29) is 5.54 Å². The first-order valence-electron chi connectivity index (χ1n) is 13.6. The molecule has 1 aliphatic carbocycles. The summed E-state index contributed by atoms with van der Waals surface area (Å²) in [6.45, 7) is 1.91. The van der Waals surface area contributed by atoms with Crippen molar-refractivity contribution in [2.45, 2.75) is 18.4 Å². The number of hydrogen-bond donors (Lipinski definition) is 1. The molecule has 2 aliphatic heterocycles. The van der Waals surface area contributed by atoms with Gasteiger partial charge in [0.1, 0.15) is 17.6 Å². The first-order valence-corrected chi connectivity index (χ1v) is 14.0. The van der Waals surface area contributed by atoms with Crippen LogP contribution in [-0.2, 0) is 7.05 Å². The Kier molecular flexibility index (Phi) is 5.21. The summed E-state index contributed by atoms with van der Waals surface area (Å²) in [5, 5.41) is 22.8. The number of nitrogens with zero attached hydrogens (tertiary/aromatic N) is 9. The average molecular weight is 561 g/mol. The van der Waals surface area contributed by atoms with Gasteiger partial charge in [0, 0.05) is 55.4 Å². The zero-order valence-electron chi connectivity index (χ0n) is 22.2.